The fourth-order valence-electron chi connectivity index (χ4n) is 12.6. The number of fused-ring (bicyclic) bond motifs is 4. The van der Waals surface area contributed by atoms with Crippen molar-refractivity contribution < 1.29 is 86.3 Å². The third kappa shape index (κ3) is 27.4. The van der Waals surface area contributed by atoms with E-state index >= 15 is 0 Å². The second-order valence-corrected chi connectivity index (χ2v) is 29.9. The lowest BCUT2D eigenvalue weighted by Gasteiger charge is -2.13. The van der Waals surface area contributed by atoms with Crippen molar-refractivity contribution >= 4 is 162 Å². The third-order valence-electron chi connectivity index (χ3n) is 19.8. The highest BCUT2D eigenvalue weighted by molar-refractivity contribution is 6.36. The minimum atomic E-state index is -0.469. The van der Waals surface area contributed by atoms with Crippen LogP contribution in [-0.4, -0.2) is 105 Å². The van der Waals surface area contributed by atoms with Gasteiger partial charge in [0.15, 0.2) is 81.0 Å². The molecule has 0 spiro atoms. The predicted octanol–water partition coefficient (Wildman–Crippen LogP) is 21.8. The number of benzene rings is 12. The van der Waals surface area contributed by atoms with Gasteiger partial charge in [0.1, 0.15) is 0 Å². The number of Topliss-reactive ketones (excluding diaryl/α,β-unsaturated/α-hetero) is 10. The summed E-state index contributed by atoms with van der Waals surface area (Å²) in [5.41, 5.74) is 13.7. The summed E-state index contributed by atoms with van der Waals surface area (Å²) in [6, 6.07) is 73.8. The third-order valence-corrected chi connectivity index (χ3v) is 19.8. The van der Waals surface area contributed by atoms with Crippen LogP contribution in [0.5, 0.6) is 0 Å². The van der Waals surface area contributed by atoms with E-state index in [1.807, 2.05) is 133 Å². The van der Waals surface area contributed by atoms with E-state index in [2.05, 4.69) is 0 Å². The van der Waals surface area contributed by atoms with Crippen LogP contribution in [0.2, 0.25) is 0 Å². The number of hydrogen-bond acceptors (Lipinski definition) is 18. The highest BCUT2D eigenvalue weighted by Crippen LogP contribution is 2.33. The summed E-state index contributed by atoms with van der Waals surface area (Å²) < 4.78 is 0. The van der Waals surface area contributed by atoms with Crippen LogP contribution in [0.1, 0.15) is 264 Å². The lowest BCUT2D eigenvalue weighted by atomic mass is 10.0. The summed E-state index contributed by atoms with van der Waals surface area (Å²) in [6.07, 6.45) is 13.1. The summed E-state index contributed by atoms with van der Waals surface area (Å²) in [4.78, 5) is 207. The Morgan fingerprint density at radius 2 is 0.375 bits per heavy atom. The van der Waals surface area contributed by atoms with E-state index in [0.717, 1.165) is 64.7 Å². The van der Waals surface area contributed by atoms with Crippen molar-refractivity contribution in [3.8, 4) is 11.1 Å². The first kappa shape index (κ1) is 97.2. The molecule has 0 radical (unpaired) electrons. The normalized spacial score (nSPS) is 11.5. The van der Waals surface area contributed by atoms with Gasteiger partial charge in [0, 0.05) is 55.6 Å². The molecule has 4 amide bonds. The molecule has 0 aliphatic carbocycles. The number of carbonyl (C=O) groups excluding carboxylic acids is 18. The molecule has 0 fully saturated rings. The van der Waals surface area contributed by atoms with Crippen molar-refractivity contribution in [1.29, 1.82) is 0 Å². The molecule has 0 saturated heterocycles. The van der Waals surface area contributed by atoms with Crippen LogP contribution < -0.4 is 9.80 Å². The zero-order valence-electron chi connectivity index (χ0n) is 73.1. The van der Waals surface area contributed by atoms with Gasteiger partial charge >= 0.3 is 0 Å². The van der Waals surface area contributed by atoms with Gasteiger partial charge in [0.25, 0.3) is 23.6 Å². The average Bonchev–Trinajstić information content (AvgIpc) is 1.61. The molecule has 0 unspecified atom stereocenters. The van der Waals surface area contributed by atoms with Crippen LogP contribution in [0.3, 0.4) is 0 Å². The molecule has 12 aromatic carbocycles. The summed E-state index contributed by atoms with van der Waals surface area (Å²) >= 11 is 0. The molecule has 0 N–H and O–H groups in total. The van der Waals surface area contributed by atoms with Crippen molar-refractivity contribution in [2.24, 2.45) is 0 Å². The lowest BCUT2D eigenvalue weighted by Crippen LogP contribution is -2.29. The molecule has 2 heterocycles. The number of anilines is 2. The zero-order valence-corrected chi connectivity index (χ0v) is 73.1. The van der Waals surface area contributed by atoms with Crippen LogP contribution in [0.15, 0.2) is 279 Å². The minimum absolute atomic E-state index is 0.0145. The Balaban J connectivity index is 0.000000187. The molecule has 20 nitrogen and oxygen atoms in total. The number of nitrogens with zero attached hydrogens (tertiary/aromatic N) is 2. The molecule has 0 bridgehead atoms. The van der Waals surface area contributed by atoms with Crippen molar-refractivity contribution in [1.82, 2.24) is 0 Å². The highest BCUT2D eigenvalue weighted by Gasteiger charge is 2.38. The Morgan fingerprint density at radius 1 is 0.188 bits per heavy atom. The number of ketones is 14. The first-order valence-electron chi connectivity index (χ1n) is 40.3. The Hall–Kier alpha value is -16.2. The van der Waals surface area contributed by atoms with E-state index in [-0.39, 0.29) is 103 Å². The van der Waals surface area contributed by atoms with Crippen molar-refractivity contribution in [2.75, 3.05) is 9.80 Å². The molecule has 0 aromatic heterocycles. The van der Waals surface area contributed by atoms with Gasteiger partial charge in [-0.15, -0.1) is 0 Å². The predicted molar refractivity (Wildman–Crippen MR) is 500 cm³/mol. The Labute approximate surface area is 741 Å². The Morgan fingerprint density at radius 3 is 0.648 bits per heavy atom. The lowest BCUT2D eigenvalue weighted by molar-refractivity contribution is -0.113. The molecule has 2 aliphatic rings. The molecular formula is C108H92N2O18. The number of amides is 4. The van der Waals surface area contributed by atoms with E-state index in [1.165, 1.54) is 112 Å². The van der Waals surface area contributed by atoms with Crippen LogP contribution in [0.25, 0.3) is 57.0 Å². The number of allylic oxidation sites excluding steroid dienone is 4. The minimum Gasteiger partial charge on any atom is -0.295 e. The second-order valence-electron chi connectivity index (χ2n) is 29.9. The fraction of sp³-hybridized carbons (Fsp3) is 0.130. The first-order valence-corrected chi connectivity index (χ1v) is 40.3. The number of imide groups is 2. The van der Waals surface area contributed by atoms with E-state index in [4.69, 9.17) is 0 Å². The molecule has 14 rings (SSSR count). The van der Waals surface area contributed by atoms with Crippen molar-refractivity contribution in [3.05, 3.63) is 379 Å². The SMILES string of the molecule is CC(=O)/C=C/c1ccc(C(C)=O)cc1.CC(=O)/C=C/c1ccc(N2C(=O)c3ccc(C(C)=O)cc3C2=O)cc1.CC(=O)/C=C/c1ccc2cc(/C=C/C(C)=O)ccc2c1.CC(=O)c1ccc(-c2ccc(C(C)=O)cc2)cc1.CC(=O)c1ccc(C(C)=O)cc1.CC(=O)c1ccc(N2C(=O)c3ccc(C(C)=O)cc3C2=O)cc1.CC(=O)c1ccc2cc(C(C)=O)ccc2c1. The Bertz CT molecular complexity index is 6350. The van der Waals surface area contributed by atoms with E-state index in [1.54, 1.807) is 155 Å². The van der Waals surface area contributed by atoms with E-state index in [0.29, 0.717) is 67.0 Å². The van der Waals surface area contributed by atoms with Crippen LogP contribution in [0.4, 0.5) is 11.4 Å². The molecule has 20 heteroatoms. The molecule has 12 aromatic rings. The summed E-state index contributed by atoms with van der Waals surface area (Å²) in [5.74, 6) is -1.85. The maximum atomic E-state index is 12.6. The van der Waals surface area contributed by atoms with Gasteiger partial charge in [-0.1, -0.05) is 194 Å². The molecular weight excluding hydrogens is 1610 g/mol. The standard InChI is InChI=1S/C20H15NO4.C18H13NO4.C18H16O2.C16H14O2.C14H12O2.C12H12O2.C10H10O2/c1-12(22)3-4-14-5-8-16(9-6-14)21-19(24)17-10-7-15(13(2)23)11-18(17)20(21)25;1-10(20)12-3-6-14(7-4-12)19-17(22)15-8-5-13(11(2)21)9-16(15)18(19)23;1-13(19)3-5-15-7-9-18-12-16(6-4-14(2)20)8-10-17(18)11-15;1-11(17)13-3-7-15(8-4-13)16-9-5-14(6-10-16)12(2)18;1-9(15)11-3-5-14-8-12(10(2)16)4-6-13(14)7-11;1-9(13)3-4-11-5-7-12(8-6-11)10(2)14;1-7(11)9-3-5-10(6-4-9)8(2)12/h3-11H,1-2H3;3-9H,1-2H3;3-12H,1-2H3;3-10H,1-2H3;3-8H,1-2H3;3-8H,1-2H3;3-6H,1-2H3/b4-3+;;5-3+,6-4+;;;4-3+;. The first-order chi connectivity index (χ1) is 60.7. The van der Waals surface area contributed by atoms with Crippen LogP contribution in [0, 0.1) is 0 Å². The van der Waals surface area contributed by atoms with Gasteiger partial charge in [-0.3, -0.25) is 86.3 Å². The van der Waals surface area contributed by atoms with Gasteiger partial charge in [-0.05, 0) is 261 Å². The van der Waals surface area contributed by atoms with E-state index < -0.39 is 23.6 Å². The number of hydrogen-bond donors (Lipinski definition) is 0. The molecule has 0 saturated carbocycles. The Kier molecular flexibility index (Phi) is 34.4. The number of rotatable bonds is 21. The zero-order chi connectivity index (χ0) is 93.9. The summed E-state index contributed by atoms with van der Waals surface area (Å²) in [5, 5.41) is 4.18. The molecule has 128 heavy (non-hydrogen) atoms. The van der Waals surface area contributed by atoms with Crippen LogP contribution >= 0.6 is 0 Å². The van der Waals surface area contributed by atoms with Crippen molar-refractivity contribution in [3.63, 3.8) is 0 Å². The topological polar surface area (TPSA) is 314 Å². The maximum absolute atomic E-state index is 12.6. The van der Waals surface area contributed by atoms with Gasteiger partial charge in [0.05, 0.1) is 33.6 Å². The smallest absolute Gasteiger partial charge is 0.266 e. The monoisotopic (exact) mass is 1700 g/mol. The van der Waals surface area contributed by atoms with E-state index in [9.17, 15) is 86.3 Å². The average molecular weight is 1710 g/mol. The molecule has 642 valence electrons. The van der Waals surface area contributed by atoms with Gasteiger partial charge in [-0.25, -0.2) is 9.80 Å². The largest absolute Gasteiger partial charge is 0.295 e. The highest BCUT2D eigenvalue weighted by atomic mass is 16.2. The second kappa shape index (κ2) is 45.2. The maximum Gasteiger partial charge on any atom is 0.266 e. The van der Waals surface area contributed by atoms with Crippen LogP contribution in [-0.2, 0) is 19.2 Å². The quantitative estimate of drug-likeness (QED) is 0.0366. The molecule has 0 atom stereocenters. The summed E-state index contributed by atoms with van der Waals surface area (Å²) in [6.45, 7) is 21.0. The summed E-state index contributed by atoms with van der Waals surface area (Å²) in [7, 11) is 0. The van der Waals surface area contributed by atoms with Crippen molar-refractivity contribution in [2.45, 2.75) is 96.9 Å². The van der Waals surface area contributed by atoms with Gasteiger partial charge in [0.2, 0.25) is 0 Å². The number of carbonyl (C=O) groups is 18. The fourth-order valence-corrected chi connectivity index (χ4v) is 12.6. The van der Waals surface area contributed by atoms with Gasteiger partial charge < -0.3 is 0 Å². The molecule has 2 aliphatic heterocycles. The van der Waals surface area contributed by atoms with Gasteiger partial charge in [-0.2, -0.15) is 0 Å².